The van der Waals surface area contributed by atoms with Gasteiger partial charge in [-0.1, -0.05) is 0 Å². The molecule has 0 aliphatic heterocycles. The number of hydrogen-bond donors (Lipinski definition) is 1. The quantitative estimate of drug-likeness (QED) is 0.629. The van der Waals surface area contributed by atoms with Crippen molar-refractivity contribution in [1.29, 1.82) is 0 Å². The van der Waals surface area contributed by atoms with Crippen LogP contribution in [-0.2, 0) is 0 Å². The van der Waals surface area contributed by atoms with Crippen molar-refractivity contribution >= 4 is 11.7 Å². The number of halogens is 1. The summed E-state index contributed by atoms with van der Waals surface area (Å²) in [6.07, 6.45) is 0. The molecule has 0 bridgehead atoms. The van der Waals surface area contributed by atoms with Crippen molar-refractivity contribution in [3.8, 4) is 5.75 Å². The van der Waals surface area contributed by atoms with Gasteiger partial charge in [-0.05, 0) is 6.92 Å². The Labute approximate surface area is 89.4 Å². The van der Waals surface area contributed by atoms with E-state index >= 15 is 0 Å². The first-order valence-corrected chi connectivity index (χ1v) is 4.15. The van der Waals surface area contributed by atoms with Crippen molar-refractivity contribution < 1.29 is 24.0 Å². The van der Waals surface area contributed by atoms with Gasteiger partial charge >= 0.3 is 11.7 Å². The zero-order valence-electron chi connectivity index (χ0n) is 8.48. The van der Waals surface area contributed by atoms with Crippen molar-refractivity contribution in [1.82, 2.24) is 0 Å². The van der Waals surface area contributed by atoms with E-state index in [4.69, 9.17) is 5.11 Å². The SMILES string of the molecule is COc1cc(C(=O)O)c(F)c(C)c1[N+](=O)[O-]. The number of benzene rings is 1. The van der Waals surface area contributed by atoms with Crippen LogP contribution < -0.4 is 4.74 Å². The maximum atomic E-state index is 13.4. The summed E-state index contributed by atoms with van der Waals surface area (Å²) in [4.78, 5) is 20.5. The number of nitrogens with zero attached hydrogens (tertiary/aromatic N) is 1. The number of hydrogen-bond acceptors (Lipinski definition) is 4. The molecule has 0 saturated heterocycles. The molecule has 0 saturated carbocycles. The Hall–Kier alpha value is -2.18. The van der Waals surface area contributed by atoms with Crippen LogP contribution in [0.4, 0.5) is 10.1 Å². The monoisotopic (exact) mass is 229 g/mol. The molecule has 0 heterocycles. The molecule has 0 aliphatic rings. The number of nitro groups is 1. The average Bonchev–Trinajstić information content (AvgIpc) is 2.20. The predicted molar refractivity (Wildman–Crippen MR) is 51.3 cm³/mol. The Morgan fingerprint density at radius 3 is 2.56 bits per heavy atom. The van der Waals surface area contributed by atoms with Gasteiger partial charge in [0.2, 0.25) is 0 Å². The molecule has 1 N–H and O–H groups in total. The number of nitro benzene ring substituents is 1. The molecule has 16 heavy (non-hydrogen) atoms. The van der Waals surface area contributed by atoms with Crippen LogP contribution in [0.15, 0.2) is 6.07 Å². The van der Waals surface area contributed by atoms with Gasteiger partial charge in [0.15, 0.2) is 5.75 Å². The Morgan fingerprint density at radius 1 is 1.62 bits per heavy atom. The van der Waals surface area contributed by atoms with Crippen molar-refractivity contribution in [2.24, 2.45) is 0 Å². The number of ether oxygens (including phenoxy) is 1. The van der Waals surface area contributed by atoms with E-state index in [2.05, 4.69) is 4.74 Å². The molecule has 0 aliphatic carbocycles. The predicted octanol–water partition coefficient (Wildman–Crippen LogP) is 1.75. The number of carboxylic acids is 1. The minimum Gasteiger partial charge on any atom is -0.490 e. The highest BCUT2D eigenvalue weighted by atomic mass is 19.1. The Kier molecular flexibility index (Phi) is 3.07. The Balaban J connectivity index is 3.61. The third-order valence-corrected chi connectivity index (χ3v) is 2.06. The first-order valence-electron chi connectivity index (χ1n) is 4.15. The summed E-state index contributed by atoms with van der Waals surface area (Å²) < 4.78 is 18.1. The summed E-state index contributed by atoms with van der Waals surface area (Å²) in [7, 11) is 1.14. The van der Waals surface area contributed by atoms with E-state index in [1.54, 1.807) is 0 Å². The van der Waals surface area contributed by atoms with Gasteiger partial charge in [-0.2, -0.15) is 0 Å². The van der Waals surface area contributed by atoms with Gasteiger partial charge in [-0.15, -0.1) is 0 Å². The lowest BCUT2D eigenvalue weighted by Gasteiger charge is -2.07. The van der Waals surface area contributed by atoms with Crippen LogP contribution in [0.3, 0.4) is 0 Å². The fourth-order valence-corrected chi connectivity index (χ4v) is 1.29. The fourth-order valence-electron chi connectivity index (χ4n) is 1.29. The maximum Gasteiger partial charge on any atom is 0.338 e. The van der Waals surface area contributed by atoms with Gasteiger partial charge in [0.05, 0.1) is 23.2 Å². The van der Waals surface area contributed by atoms with Crippen LogP contribution in [0, 0.1) is 22.9 Å². The number of carbonyl (C=O) groups is 1. The molecule has 6 nitrogen and oxygen atoms in total. The average molecular weight is 229 g/mol. The second-order valence-electron chi connectivity index (χ2n) is 2.98. The lowest BCUT2D eigenvalue weighted by atomic mass is 10.1. The summed E-state index contributed by atoms with van der Waals surface area (Å²) in [6.45, 7) is 1.13. The first kappa shape index (κ1) is 11.9. The van der Waals surface area contributed by atoms with Crippen LogP contribution in [-0.4, -0.2) is 23.1 Å². The third-order valence-electron chi connectivity index (χ3n) is 2.06. The fraction of sp³-hybridized carbons (Fsp3) is 0.222. The van der Waals surface area contributed by atoms with E-state index in [0.29, 0.717) is 0 Å². The van der Waals surface area contributed by atoms with Crippen molar-refractivity contribution in [2.75, 3.05) is 7.11 Å². The molecule has 0 aromatic heterocycles. The van der Waals surface area contributed by atoms with Gasteiger partial charge in [0.25, 0.3) is 0 Å². The van der Waals surface area contributed by atoms with E-state index in [1.807, 2.05) is 0 Å². The van der Waals surface area contributed by atoms with Gasteiger partial charge in [0.1, 0.15) is 5.82 Å². The molecule has 0 radical (unpaired) electrons. The summed E-state index contributed by atoms with van der Waals surface area (Å²) >= 11 is 0. The molecule has 0 atom stereocenters. The van der Waals surface area contributed by atoms with Crippen molar-refractivity contribution in [2.45, 2.75) is 6.92 Å². The second kappa shape index (κ2) is 4.13. The molecular weight excluding hydrogens is 221 g/mol. The van der Waals surface area contributed by atoms with E-state index in [0.717, 1.165) is 20.1 Å². The van der Waals surface area contributed by atoms with E-state index in [1.165, 1.54) is 0 Å². The largest absolute Gasteiger partial charge is 0.490 e. The summed E-state index contributed by atoms with van der Waals surface area (Å²) in [5.74, 6) is -2.91. The third kappa shape index (κ3) is 1.79. The minimum atomic E-state index is -1.51. The van der Waals surface area contributed by atoms with Crippen molar-refractivity contribution in [3.05, 3.63) is 33.1 Å². The van der Waals surface area contributed by atoms with Crippen LogP contribution in [0.1, 0.15) is 15.9 Å². The first-order chi connectivity index (χ1) is 7.40. The standard InChI is InChI=1S/C9H8FNO5/c1-4-7(10)5(9(12)13)3-6(16-2)8(4)11(14)15/h3H,1-2H3,(H,12,13). The minimum absolute atomic E-state index is 0.277. The molecule has 1 rings (SSSR count). The molecule has 0 amide bonds. The normalized spacial score (nSPS) is 9.94. The number of aromatic carboxylic acids is 1. The van der Waals surface area contributed by atoms with Gasteiger partial charge in [-0.25, -0.2) is 9.18 Å². The molecular formula is C9H8FNO5. The van der Waals surface area contributed by atoms with Crippen LogP contribution >= 0.6 is 0 Å². The number of methoxy groups -OCH3 is 1. The summed E-state index contributed by atoms with van der Waals surface area (Å²) in [5.41, 5.74) is -1.58. The Morgan fingerprint density at radius 2 is 2.19 bits per heavy atom. The molecule has 0 fully saturated rings. The van der Waals surface area contributed by atoms with Gasteiger partial charge < -0.3 is 9.84 Å². The van der Waals surface area contributed by atoms with E-state index < -0.39 is 28.0 Å². The van der Waals surface area contributed by atoms with E-state index in [9.17, 15) is 19.3 Å². The second-order valence-corrected chi connectivity index (χ2v) is 2.98. The maximum absolute atomic E-state index is 13.4. The highest BCUT2D eigenvalue weighted by Gasteiger charge is 2.26. The van der Waals surface area contributed by atoms with Crippen LogP contribution in [0.25, 0.3) is 0 Å². The van der Waals surface area contributed by atoms with Crippen LogP contribution in [0.2, 0.25) is 0 Å². The summed E-state index contributed by atoms with van der Waals surface area (Å²) in [6, 6.07) is 0.794. The van der Waals surface area contributed by atoms with Gasteiger partial charge in [0, 0.05) is 6.07 Å². The van der Waals surface area contributed by atoms with Gasteiger partial charge in [-0.3, -0.25) is 10.1 Å². The molecule has 1 aromatic rings. The van der Waals surface area contributed by atoms with Crippen molar-refractivity contribution in [3.63, 3.8) is 0 Å². The molecule has 1 aromatic carbocycles. The highest BCUT2D eigenvalue weighted by molar-refractivity contribution is 5.89. The summed E-state index contributed by atoms with van der Waals surface area (Å²) in [5, 5.41) is 19.3. The number of carboxylic acid groups (broad SMARTS) is 1. The molecule has 7 heteroatoms. The lowest BCUT2D eigenvalue weighted by molar-refractivity contribution is -0.386. The zero-order valence-corrected chi connectivity index (χ0v) is 8.48. The lowest BCUT2D eigenvalue weighted by Crippen LogP contribution is -2.06. The molecule has 0 unspecified atom stereocenters. The smallest absolute Gasteiger partial charge is 0.338 e. The van der Waals surface area contributed by atoms with E-state index in [-0.39, 0.29) is 11.3 Å². The molecule has 86 valence electrons. The molecule has 0 spiro atoms. The van der Waals surface area contributed by atoms with Crippen LogP contribution in [0.5, 0.6) is 5.75 Å². The highest BCUT2D eigenvalue weighted by Crippen LogP contribution is 2.34. The Bertz CT molecular complexity index is 471. The zero-order chi connectivity index (χ0) is 12.5. The topological polar surface area (TPSA) is 89.7 Å². The number of rotatable bonds is 3.